The zero-order chi connectivity index (χ0) is 18.9. The van der Waals surface area contributed by atoms with Gasteiger partial charge in [0.2, 0.25) is 0 Å². The number of hydrogen-bond acceptors (Lipinski definition) is 5. The van der Waals surface area contributed by atoms with Crippen LogP contribution in [0.4, 0.5) is 0 Å². The van der Waals surface area contributed by atoms with Gasteiger partial charge in [-0.15, -0.1) is 0 Å². The summed E-state index contributed by atoms with van der Waals surface area (Å²) < 4.78 is 15.5. The number of carbonyl (C=O) groups is 2. The van der Waals surface area contributed by atoms with Crippen molar-refractivity contribution in [1.29, 1.82) is 0 Å². The third-order valence-corrected chi connectivity index (χ3v) is 4.59. The Morgan fingerprint density at radius 2 is 2.04 bits per heavy atom. The van der Waals surface area contributed by atoms with E-state index in [1.54, 1.807) is 38.5 Å². The van der Waals surface area contributed by atoms with Crippen LogP contribution in [0.25, 0.3) is 6.08 Å². The number of benzene rings is 1. The number of rotatable bonds is 7. The monoisotopic (exact) mass is 361 g/mol. The van der Waals surface area contributed by atoms with E-state index in [1.807, 2.05) is 4.90 Å². The maximum atomic E-state index is 12.3. The first-order valence-electron chi connectivity index (χ1n) is 8.95. The second kappa shape index (κ2) is 9.85. The fourth-order valence-electron chi connectivity index (χ4n) is 3.14. The molecule has 1 aromatic carbocycles. The molecule has 0 bridgehead atoms. The minimum atomic E-state index is -0.562. The molecule has 26 heavy (non-hydrogen) atoms. The molecule has 1 aliphatic heterocycles. The van der Waals surface area contributed by atoms with E-state index in [0.717, 1.165) is 32.2 Å². The summed E-state index contributed by atoms with van der Waals surface area (Å²) in [6.45, 7) is 2.59. The van der Waals surface area contributed by atoms with Gasteiger partial charge >= 0.3 is 5.97 Å². The van der Waals surface area contributed by atoms with Crippen LogP contribution in [0.2, 0.25) is 0 Å². The van der Waals surface area contributed by atoms with E-state index < -0.39 is 5.97 Å². The molecule has 1 aromatic rings. The molecule has 6 heteroatoms. The smallest absolute Gasteiger partial charge is 0.331 e. The first-order valence-corrected chi connectivity index (χ1v) is 8.95. The highest BCUT2D eigenvalue weighted by molar-refractivity contribution is 5.89. The van der Waals surface area contributed by atoms with Crippen molar-refractivity contribution < 1.29 is 23.8 Å². The van der Waals surface area contributed by atoms with Gasteiger partial charge in [0.15, 0.2) is 6.61 Å². The van der Waals surface area contributed by atoms with Crippen molar-refractivity contribution in [3.63, 3.8) is 0 Å². The molecule has 6 nitrogen and oxygen atoms in total. The number of carbonyl (C=O) groups excluding carboxylic acids is 2. The Morgan fingerprint density at radius 1 is 1.23 bits per heavy atom. The number of amides is 1. The van der Waals surface area contributed by atoms with Crippen LogP contribution in [0, 0.1) is 0 Å². The van der Waals surface area contributed by atoms with E-state index in [1.165, 1.54) is 6.08 Å². The minimum Gasteiger partial charge on any atom is -0.497 e. The topological polar surface area (TPSA) is 65.1 Å². The highest BCUT2D eigenvalue weighted by atomic mass is 16.5. The number of nitrogens with zero attached hydrogens (tertiary/aromatic N) is 1. The highest BCUT2D eigenvalue weighted by Gasteiger charge is 2.25. The van der Waals surface area contributed by atoms with Crippen molar-refractivity contribution in [3.05, 3.63) is 29.8 Å². The third-order valence-electron chi connectivity index (χ3n) is 4.59. The second-order valence-electron chi connectivity index (χ2n) is 6.19. The Labute approximate surface area is 154 Å². The summed E-state index contributed by atoms with van der Waals surface area (Å²) in [5.74, 6) is 0.584. The van der Waals surface area contributed by atoms with Gasteiger partial charge in [-0.25, -0.2) is 4.79 Å². The van der Waals surface area contributed by atoms with E-state index in [0.29, 0.717) is 17.1 Å². The summed E-state index contributed by atoms with van der Waals surface area (Å²) in [6.07, 6.45) is 6.97. The van der Waals surface area contributed by atoms with Gasteiger partial charge < -0.3 is 19.1 Å². The maximum absolute atomic E-state index is 12.3. The van der Waals surface area contributed by atoms with Gasteiger partial charge in [0.1, 0.15) is 11.5 Å². The molecule has 1 aliphatic rings. The molecule has 1 heterocycles. The van der Waals surface area contributed by atoms with Crippen molar-refractivity contribution in [3.8, 4) is 11.5 Å². The van der Waals surface area contributed by atoms with Gasteiger partial charge in [-0.2, -0.15) is 0 Å². The van der Waals surface area contributed by atoms with Crippen LogP contribution in [0.5, 0.6) is 11.5 Å². The number of piperidine rings is 1. The van der Waals surface area contributed by atoms with E-state index in [9.17, 15) is 9.59 Å². The van der Waals surface area contributed by atoms with Gasteiger partial charge in [-0.05, 0) is 50.0 Å². The Bertz CT molecular complexity index is 656. The van der Waals surface area contributed by atoms with Crippen LogP contribution in [0.1, 0.15) is 38.2 Å². The zero-order valence-electron chi connectivity index (χ0n) is 15.7. The molecule has 1 amide bonds. The summed E-state index contributed by atoms with van der Waals surface area (Å²) in [6, 6.07) is 5.55. The van der Waals surface area contributed by atoms with Crippen LogP contribution in [0.15, 0.2) is 24.3 Å². The first kappa shape index (κ1) is 19.8. The lowest BCUT2D eigenvalue weighted by Crippen LogP contribution is -2.45. The number of hydrogen-bond donors (Lipinski definition) is 0. The largest absolute Gasteiger partial charge is 0.497 e. The predicted octanol–water partition coefficient (Wildman–Crippen LogP) is 3.05. The summed E-state index contributed by atoms with van der Waals surface area (Å²) in [5, 5.41) is 0. The molecule has 1 unspecified atom stereocenters. The summed E-state index contributed by atoms with van der Waals surface area (Å²) in [5.41, 5.74) is 0.692. The quantitative estimate of drug-likeness (QED) is 0.552. The van der Waals surface area contributed by atoms with Gasteiger partial charge in [-0.1, -0.05) is 6.92 Å². The molecular weight excluding hydrogens is 334 g/mol. The molecule has 1 saturated heterocycles. The van der Waals surface area contributed by atoms with Crippen LogP contribution >= 0.6 is 0 Å². The standard InChI is InChI=1S/C20H27NO5/c1-4-16-7-5-6-12-21(16)19(22)14-26-20(23)11-8-15-13-17(24-2)9-10-18(15)25-3/h8-11,13,16H,4-7,12,14H2,1-3H3/b11-8+. The maximum Gasteiger partial charge on any atom is 0.331 e. The molecule has 1 fully saturated rings. The summed E-state index contributed by atoms with van der Waals surface area (Å²) in [4.78, 5) is 26.1. The molecule has 0 N–H and O–H groups in total. The minimum absolute atomic E-state index is 0.128. The van der Waals surface area contributed by atoms with E-state index in [2.05, 4.69) is 6.92 Å². The summed E-state index contributed by atoms with van der Waals surface area (Å²) >= 11 is 0. The number of esters is 1. The SMILES string of the molecule is CCC1CCCCN1C(=O)COC(=O)/C=C/c1cc(OC)ccc1OC. The fraction of sp³-hybridized carbons (Fsp3) is 0.500. The number of likely N-dealkylation sites (tertiary alicyclic amines) is 1. The van der Waals surface area contributed by atoms with E-state index >= 15 is 0 Å². The van der Waals surface area contributed by atoms with E-state index in [4.69, 9.17) is 14.2 Å². The van der Waals surface area contributed by atoms with Crippen molar-refractivity contribution in [1.82, 2.24) is 4.90 Å². The van der Waals surface area contributed by atoms with E-state index in [-0.39, 0.29) is 18.6 Å². The third kappa shape index (κ3) is 5.25. The lowest BCUT2D eigenvalue weighted by molar-refractivity contribution is -0.150. The van der Waals surface area contributed by atoms with Crippen LogP contribution in [-0.4, -0.2) is 50.2 Å². The van der Waals surface area contributed by atoms with Gasteiger partial charge in [0.05, 0.1) is 14.2 Å². The summed E-state index contributed by atoms with van der Waals surface area (Å²) in [7, 11) is 3.12. The van der Waals surface area contributed by atoms with Gasteiger partial charge in [-0.3, -0.25) is 4.79 Å². The Balaban J connectivity index is 1.92. The van der Waals surface area contributed by atoms with Crippen LogP contribution in [-0.2, 0) is 14.3 Å². The van der Waals surface area contributed by atoms with Crippen molar-refractivity contribution in [2.45, 2.75) is 38.6 Å². The average Bonchev–Trinajstić information content (AvgIpc) is 2.69. The predicted molar refractivity (Wildman–Crippen MR) is 99.2 cm³/mol. The van der Waals surface area contributed by atoms with Crippen molar-refractivity contribution in [2.75, 3.05) is 27.4 Å². The molecule has 0 aromatic heterocycles. The number of methoxy groups -OCH3 is 2. The van der Waals surface area contributed by atoms with Crippen LogP contribution in [0.3, 0.4) is 0 Å². The first-order chi connectivity index (χ1) is 12.6. The number of ether oxygens (including phenoxy) is 3. The molecule has 0 saturated carbocycles. The molecule has 1 atom stereocenters. The van der Waals surface area contributed by atoms with Crippen molar-refractivity contribution in [2.24, 2.45) is 0 Å². The highest BCUT2D eigenvalue weighted by Crippen LogP contribution is 2.25. The molecule has 0 spiro atoms. The fourth-order valence-corrected chi connectivity index (χ4v) is 3.14. The second-order valence-corrected chi connectivity index (χ2v) is 6.19. The molecular formula is C20H27NO5. The van der Waals surface area contributed by atoms with Gasteiger partial charge in [0.25, 0.3) is 5.91 Å². The molecule has 2 rings (SSSR count). The van der Waals surface area contributed by atoms with Crippen LogP contribution < -0.4 is 9.47 Å². The average molecular weight is 361 g/mol. The molecule has 0 aliphatic carbocycles. The lowest BCUT2D eigenvalue weighted by atomic mass is 10.00. The normalized spacial score (nSPS) is 17.2. The molecule has 142 valence electrons. The van der Waals surface area contributed by atoms with Gasteiger partial charge in [0, 0.05) is 24.2 Å². The lowest BCUT2D eigenvalue weighted by Gasteiger charge is -2.35. The Kier molecular flexibility index (Phi) is 7.51. The zero-order valence-corrected chi connectivity index (χ0v) is 15.7. The Morgan fingerprint density at radius 3 is 2.73 bits per heavy atom. The Hall–Kier alpha value is -2.50. The molecule has 0 radical (unpaired) electrons. The van der Waals surface area contributed by atoms with Crippen molar-refractivity contribution >= 4 is 18.0 Å².